The Labute approximate surface area is 257 Å². The van der Waals surface area contributed by atoms with Gasteiger partial charge in [0, 0.05) is 37.5 Å². The number of rotatable bonds is 19. The van der Waals surface area contributed by atoms with E-state index in [9.17, 15) is 19.5 Å². The molecule has 0 saturated carbocycles. The normalized spacial score (nSPS) is 12.5. The minimum Gasteiger partial charge on any atom is -0.480 e. The second-order valence-electron chi connectivity index (χ2n) is 10.6. The van der Waals surface area contributed by atoms with E-state index in [2.05, 4.69) is 35.6 Å². The van der Waals surface area contributed by atoms with E-state index < -0.39 is 36.7 Å². The highest BCUT2D eigenvalue weighted by Gasteiger charge is 2.37. The molecule has 0 spiro atoms. The maximum absolute atomic E-state index is 13.3. The molecule has 3 aromatic carbocycles. The van der Waals surface area contributed by atoms with Gasteiger partial charge < -0.3 is 29.9 Å². The third kappa shape index (κ3) is 11.2. The molecular weight excluding hydrogens is 572 g/mol. The summed E-state index contributed by atoms with van der Waals surface area (Å²) >= 11 is 6.16. The predicted octanol–water partition coefficient (Wildman–Crippen LogP) is 5.80. The third-order valence-corrected chi connectivity index (χ3v) is 7.57. The Balaban J connectivity index is 1.48. The number of carbonyl (C=O) groups excluding carboxylic acids is 1. The Bertz CT molecular complexity index is 1370. The molecule has 2 atom stereocenters. The third-order valence-electron chi connectivity index (χ3n) is 7.17. The highest BCUT2D eigenvalue weighted by atomic mass is 35.5. The Hall–Kier alpha value is -3.66. The van der Waals surface area contributed by atoms with Crippen LogP contribution >= 0.6 is 11.6 Å². The summed E-state index contributed by atoms with van der Waals surface area (Å²) in [6, 6.07) is 20.4. The number of amides is 1. The van der Waals surface area contributed by atoms with Gasteiger partial charge in [-0.3, -0.25) is 4.79 Å². The van der Waals surface area contributed by atoms with Crippen LogP contribution in [-0.2, 0) is 30.3 Å². The number of fused-ring (bicyclic) bond motifs is 1. The monoisotopic (exact) mass is 612 g/mol. The highest BCUT2D eigenvalue weighted by Crippen LogP contribution is 2.20. The average molecular weight is 613 g/mol. The predicted molar refractivity (Wildman–Crippen MR) is 168 cm³/mol. The SMILES string of the molecule is Cc1ccc(NCCCCO[C@@H](C(=O)N(C)CCCCCc2ccc3ccccc3c2)[C@@H](OCC(=O)O)C(=O)O)cc1Cl. The Morgan fingerprint density at radius 1 is 0.884 bits per heavy atom. The van der Waals surface area contributed by atoms with E-state index in [-0.39, 0.29) is 6.61 Å². The maximum atomic E-state index is 13.3. The lowest BCUT2D eigenvalue weighted by molar-refractivity contribution is -0.175. The first-order valence-electron chi connectivity index (χ1n) is 14.6. The summed E-state index contributed by atoms with van der Waals surface area (Å²) in [5.41, 5.74) is 3.13. The summed E-state index contributed by atoms with van der Waals surface area (Å²) in [6.07, 6.45) is 1.49. The molecule has 1 amide bonds. The largest absolute Gasteiger partial charge is 0.480 e. The van der Waals surface area contributed by atoms with Crippen molar-refractivity contribution in [3.05, 3.63) is 76.8 Å². The molecule has 9 nitrogen and oxygen atoms in total. The van der Waals surface area contributed by atoms with Gasteiger partial charge in [0.15, 0.2) is 12.2 Å². The molecule has 3 aromatic rings. The fraction of sp³-hybridized carbons (Fsp3) is 0.424. The number of anilines is 1. The topological polar surface area (TPSA) is 125 Å². The number of nitrogens with zero attached hydrogens (tertiary/aromatic N) is 1. The lowest BCUT2D eigenvalue weighted by atomic mass is 10.0. The summed E-state index contributed by atoms with van der Waals surface area (Å²) in [4.78, 5) is 37.7. The van der Waals surface area contributed by atoms with Gasteiger partial charge in [0.25, 0.3) is 5.91 Å². The summed E-state index contributed by atoms with van der Waals surface area (Å²) in [6.45, 7) is 2.21. The van der Waals surface area contributed by atoms with E-state index in [0.29, 0.717) is 31.0 Å². The number of likely N-dealkylation sites (N-methyl/N-ethyl adjacent to an activating group) is 1. The van der Waals surface area contributed by atoms with Gasteiger partial charge in [0.1, 0.15) is 6.61 Å². The van der Waals surface area contributed by atoms with Gasteiger partial charge in [0.05, 0.1) is 0 Å². The van der Waals surface area contributed by atoms with Crippen LogP contribution in [0.2, 0.25) is 5.02 Å². The van der Waals surface area contributed by atoms with Crippen LogP contribution in [0.3, 0.4) is 0 Å². The molecule has 0 bridgehead atoms. The van der Waals surface area contributed by atoms with Gasteiger partial charge in [-0.15, -0.1) is 0 Å². The lowest BCUT2D eigenvalue weighted by Gasteiger charge is -2.27. The number of carboxylic acids is 2. The van der Waals surface area contributed by atoms with E-state index in [1.807, 2.05) is 37.3 Å². The molecule has 0 saturated heterocycles. The number of carboxylic acid groups (broad SMARTS) is 2. The molecule has 0 fully saturated rings. The second kappa shape index (κ2) is 17.5. The van der Waals surface area contributed by atoms with Crippen molar-refractivity contribution in [1.82, 2.24) is 4.90 Å². The average Bonchev–Trinajstić information content (AvgIpc) is 2.98. The molecule has 0 heterocycles. The van der Waals surface area contributed by atoms with E-state index in [0.717, 1.165) is 36.9 Å². The van der Waals surface area contributed by atoms with Crippen molar-refractivity contribution >= 4 is 45.9 Å². The van der Waals surface area contributed by atoms with Gasteiger partial charge in [-0.25, -0.2) is 9.59 Å². The molecule has 0 unspecified atom stereocenters. The van der Waals surface area contributed by atoms with E-state index in [4.69, 9.17) is 26.2 Å². The van der Waals surface area contributed by atoms with Crippen molar-refractivity contribution in [3.8, 4) is 0 Å². The van der Waals surface area contributed by atoms with Crippen molar-refractivity contribution in [1.29, 1.82) is 0 Å². The highest BCUT2D eigenvalue weighted by molar-refractivity contribution is 6.31. The van der Waals surface area contributed by atoms with Gasteiger partial charge in [-0.2, -0.15) is 0 Å². The van der Waals surface area contributed by atoms with Crippen molar-refractivity contribution < 1.29 is 34.1 Å². The number of aliphatic carboxylic acids is 2. The second-order valence-corrected chi connectivity index (χ2v) is 11.0. The molecule has 0 radical (unpaired) electrons. The van der Waals surface area contributed by atoms with Crippen LogP contribution in [0.25, 0.3) is 10.8 Å². The number of halogens is 1. The number of ether oxygens (including phenoxy) is 2. The molecule has 0 aliphatic rings. The number of unbranched alkanes of at least 4 members (excludes halogenated alkanes) is 3. The van der Waals surface area contributed by atoms with Crippen LogP contribution in [0.1, 0.15) is 43.2 Å². The fourth-order valence-electron chi connectivity index (χ4n) is 4.69. The maximum Gasteiger partial charge on any atom is 0.336 e. The zero-order chi connectivity index (χ0) is 31.2. The minimum absolute atomic E-state index is 0.104. The summed E-state index contributed by atoms with van der Waals surface area (Å²) < 4.78 is 10.8. The van der Waals surface area contributed by atoms with Crippen molar-refractivity contribution in [2.45, 2.75) is 57.7 Å². The number of nitrogens with one attached hydrogen (secondary N) is 1. The number of hydrogen-bond acceptors (Lipinski definition) is 6. The molecule has 43 heavy (non-hydrogen) atoms. The first-order chi connectivity index (χ1) is 20.7. The first kappa shape index (κ1) is 33.8. The first-order valence-corrected chi connectivity index (χ1v) is 14.9. The molecule has 0 aliphatic heterocycles. The van der Waals surface area contributed by atoms with Crippen LogP contribution in [0, 0.1) is 6.92 Å². The van der Waals surface area contributed by atoms with E-state index in [1.54, 1.807) is 7.05 Å². The van der Waals surface area contributed by atoms with Crippen LogP contribution in [-0.4, -0.2) is 78.5 Å². The summed E-state index contributed by atoms with van der Waals surface area (Å²) in [5.74, 6) is -3.35. The number of aryl methyl sites for hydroxylation is 2. The van der Waals surface area contributed by atoms with Crippen molar-refractivity contribution in [2.24, 2.45) is 0 Å². The Morgan fingerprint density at radius 2 is 1.65 bits per heavy atom. The smallest absolute Gasteiger partial charge is 0.336 e. The van der Waals surface area contributed by atoms with Gasteiger partial charge >= 0.3 is 11.9 Å². The van der Waals surface area contributed by atoms with Crippen LogP contribution < -0.4 is 5.32 Å². The number of carbonyl (C=O) groups is 3. The van der Waals surface area contributed by atoms with Gasteiger partial charge in [-0.05, 0) is 73.1 Å². The quantitative estimate of drug-likeness (QED) is 0.145. The van der Waals surface area contributed by atoms with Crippen molar-refractivity contribution in [2.75, 3.05) is 38.7 Å². The number of benzene rings is 3. The van der Waals surface area contributed by atoms with Gasteiger partial charge in [-0.1, -0.05) is 66.6 Å². The lowest BCUT2D eigenvalue weighted by Crippen LogP contribution is -2.50. The van der Waals surface area contributed by atoms with Gasteiger partial charge in [0.2, 0.25) is 0 Å². The van der Waals surface area contributed by atoms with Crippen LogP contribution in [0.5, 0.6) is 0 Å². The molecule has 232 valence electrons. The molecule has 0 aromatic heterocycles. The molecule has 3 rings (SSSR count). The molecule has 0 aliphatic carbocycles. The Morgan fingerprint density at radius 3 is 2.37 bits per heavy atom. The van der Waals surface area contributed by atoms with E-state index >= 15 is 0 Å². The fourth-order valence-corrected chi connectivity index (χ4v) is 4.87. The molecule has 3 N–H and O–H groups in total. The van der Waals surface area contributed by atoms with Crippen LogP contribution in [0.4, 0.5) is 5.69 Å². The standard InChI is InChI=1S/C33H41ClN2O7/c1-23-13-16-27(21-28(23)34)35-17-7-9-19-42-30(31(33(40)41)43-22-29(37)38)32(39)36(2)18-8-3-4-10-24-14-15-25-11-5-6-12-26(25)20-24/h5-6,11-16,20-21,30-31,35H,3-4,7-10,17-19,22H2,1-2H3,(H,37,38)(H,40,41)/t30-,31-/m1/s1. The molecule has 10 heteroatoms. The molecular formula is C33H41ClN2O7. The zero-order valence-electron chi connectivity index (χ0n) is 24.8. The van der Waals surface area contributed by atoms with Crippen LogP contribution in [0.15, 0.2) is 60.7 Å². The summed E-state index contributed by atoms with van der Waals surface area (Å²) in [7, 11) is 1.59. The Kier molecular flexibility index (Phi) is 13.7. The van der Waals surface area contributed by atoms with Crippen molar-refractivity contribution in [3.63, 3.8) is 0 Å². The number of hydrogen-bond donors (Lipinski definition) is 3. The van der Waals surface area contributed by atoms with E-state index in [1.165, 1.54) is 21.2 Å². The minimum atomic E-state index is -1.74. The summed E-state index contributed by atoms with van der Waals surface area (Å²) in [5, 5.41) is 25.1. The zero-order valence-corrected chi connectivity index (χ0v) is 25.5.